The Morgan fingerprint density at radius 1 is 1.28 bits per heavy atom. The minimum atomic E-state index is -0.658. The predicted octanol–water partition coefficient (Wildman–Crippen LogP) is 5.09. The molecule has 2 rings (SSSR count). The lowest BCUT2D eigenvalue weighted by atomic mass is 10.1. The molecule has 1 aromatic heterocycles. The van der Waals surface area contributed by atoms with E-state index in [1.807, 2.05) is 17.5 Å². The first kappa shape index (κ1) is 13.3. The number of halogens is 3. The van der Waals surface area contributed by atoms with Crippen molar-refractivity contribution in [3.05, 3.63) is 62.0 Å². The van der Waals surface area contributed by atoms with Gasteiger partial charge in [-0.3, -0.25) is 4.79 Å². The summed E-state index contributed by atoms with van der Waals surface area (Å²) in [7, 11) is 0. The van der Waals surface area contributed by atoms with E-state index < -0.39 is 5.82 Å². The molecule has 0 aliphatic heterocycles. The van der Waals surface area contributed by atoms with Gasteiger partial charge in [0.25, 0.3) is 0 Å². The van der Waals surface area contributed by atoms with Gasteiger partial charge in [0.2, 0.25) is 0 Å². The molecule has 0 atom stereocenters. The van der Waals surface area contributed by atoms with Crippen LogP contribution in [0, 0.1) is 5.82 Å². The number of carbonyl (C=O) groups is 1. The van der Waals surface area contributed by atoms with Gasteiger partial charge in [-0.05, 0) is 35.7 Å². The number of benzene rings is 1. The molecule has 0 amide bonds. The molecule has 0 fully saturated rings. The monoisotopic (exact) mass is 300 g/mol. The lowest BCUT2D eigenvalue weighted by Gasteiger charge is -2.01. The Morgan fingerprint density at radius 2 is 2.06 bits per heavy atom. The Labute approximate surface area is 117 Å². The minimum absolute atomic E-state index is 0.0983. The van der Waals surface area contributed by atoms with Gasteiger partial charge in [0.15, 0.2) is 5.78 Å². The van der Waals surface area contributed by atoms with Gasteiger partial charge in [-0.15, -0.1) is 11.3 Å². The summed E-state index contributed by atoms with van der Waals surface area (Å²) in [6.45, 7) is 0. The zero-order valence-electron chi connectivity index (χ0n) is 8.99. The third kappa shape index (κ3) is 2.99. The van der Waals surface area contributed by atoms with Crippen LogP contribution in [0.15, 0.2) is 35.7 Å². The Hall–Kier alpha value is -1.16. The predicted molar refractivity (Wildman–Crippen MR) is 74.1 cm³/mol. The van der Waals surface area contributed by atoms with Crippen LogP contribution in [0.5, 0.6) is 0 Å². The standard InChI is InChI=1S/C13H7Cl2FOS/c14-10-7-11(15)12(16)6-9(10)13(17)4-3-8-2-1-5-18-8/h1-7H/b4-3-. The van der Waals surface area contributed by atoms with Crippen LogP contribution in [-0.4, -0.2) is 5.78 Å². The van der Waals surface area contributed by atoms with E-state index in [1.54, 1.807) is 6.08 Å². The lowest BCUT2D eigenvalue weighted by Crippen LogP contribution is -1.97. The molecule has 0 aliphatic carbocycles. The Kier molecular flexibility index (Phi) is 4.17. The van der Waals surface area contributed by atoms with E-state index in [2.05, 4.69) is 0 Å². The third-order valence-electron chi connectivity index (χ3n) is 2.22. The highest BCUT2D eigenvalue weighted by molar-refractivity contribution is 7.10. The smallest absolute Gasteiger partial charge is 0.187 e. The maximum Gasteiger partial charge on any atom is 0.187 e. The highest BCUT2D eigenvalue weighted by atomic mass is 35.5. The largest absolute Gasteiger partial charge is 0.289 e. The van der Waals surface area contributed by atoms with Gasteiger partial charge in [0.1, 0.15) is 5.82 Å². The molecule has 0 spiro atoms. The molecule has 0 N–H and O–H groups in total. The van der Waals surface area contributed by atoms with Crippen LogP contribution >= 0.6 is 34.5 Å². The van der Waals surface area contributed by atoms with E-state index in [9.17, 15) is 9.18 Å². The first-order valence-electron chi connectivity index (χ1n) is 4.98. The number of allylic oxidation sites excluding steroid dienone is 1. The van der Waals surface area contributed by atoms with Crippen LogP contribution in [0.1, 0.15) is 15.2 Å². The molecule has 0 bridgehead atoms. The van der Waals surface area contributed by atoms with Gasteiger partial charge >= 0.3 is 0 Å². The third-order valence-corrected chi connectivity index (χ3v) is 3.66. The van der Waals surface area contributed by atoms with E-state index in [0.717, 1.165) is 10.9 Å². The van der Waals surface area contributed by atoms with Crippen LogP contribution in [-0.2, 0) is 0 Å². The van der Waals surface area contributed by atoms with Gasteiger partial charge in [0, 0.05) is 10.4 Å². The zero-order chi connectivity index (χ0) is 13.1. The van der Waals surface area contributed by atoms with Crippen LogP contribution in [0.25, 0.3) is 6.08 Å². The van der Waals surface area contributed by atoms with Gasteiger partial charge in [-0.2, -0.15) is 0 Å². The quantitative estimate of drug-likeness (QED) is 0.438. The van der Waals surface area contributed by atoms with Crippen LogP contribution in [0.4, 0.5) is 4.39 Å². The molecular weight excluding hydrogens is 294 g/mol. The van der Waals surface area contributed by atoms with E-state index >= 15 is 0 Å². The van der Waals surface area contributed by atoms with E-state index in [-0.39, 0.29) is 21.4 Å². The molecule has 0 saturated carbocycles. The second-order valence-electron chi connectivity index (χ2n) is 3.46. The molecule has 0 radical (unpaired) electrons. The molecule has 18 heavy (non-hydrogen) atoms. The fraction of sp³-hybridized carbons (Fsp3) is 0. The number of carbonyl (C=O) groups excluding carboxylic acids is 1. The number of hydrogen-bond donors (Lipinski definition) is 0. The highest BCUT2D eigenvalue weighted by Gasteiger charge is 2.11. The normalized spacial score (nSPS) is 11.1. The molecule has 2 aromatic rings. The average Bonchev–Trinajstić information content (AvgIpc) is 2.84. The Morgan fingerprint density at radius 3 is 2.72 bits per heavy atom. The fourth-order valence-corrected chi connectivity index (χ4v) is 2.44. The summed E-state index contributed by atoms with van der Waals surface area (Å²) >= 11 is 12.9. The summed E-state index contributed by atoms with van der Waals surface area (Å²) in [5.74, 6) is -1.02. The molecule has 1 nitrogen and oxygen atoms in total. The summed E-state index contributed by atoms with van der Waals surface area (Å²) in [6, 6.07) is 6.03. The van der Waals surface area contributed by atoms with Crippen LogP contribution in [0.3, 0.4) is 0 Å². The number of ketones is 1. The Balaban J connectivity index is 2.27. The van der Waals surface area contributed by atoms with Crippen LogP contribution in [0.2, 0.25) is 10.0 Å². The van der Waals surface area contributed by atoms with Gasteiger partial charge in [0.05, 0.1) is 10.0 Å². The number of hydrogen-bond acceptors (Lipinski definition) is 2. The highest BCUT2D eigenvalue weighted by Crippen LogP contribution is 2.25. The zero-order valence-corrected chi connectivity index (χ0v) is 11.3. The molecular formula is C13H7Cl2FOS. The first-order chi connectivity index (χ1) is 8.58. The summed E-state index contributed by atoms with van der Waals surface area (Å²) in [5.41, 5.74) is 0.103. The maximum atomic E-state index is 13.3. The van der Waals surface area contributed by atoms with Crippen molar-refractivity contribution in [2.45, 2.75) is 0 Å². The molecule has 0 aliphatic rings. The van der Waals surface area contributed by atoms with Crippen molar-refractivity contribution >= 4 is 46.4 Å². The van der Waals surface area contributed by atoms with Crippen LogP contribution < -0.4 is 0 Å². The SMILES string of the molecule is O=C(/C=C\c1cccs1)c1cc(F)c(Cl)cc1Cl. The van der Waals surface area contributed by atoms with Crippen molar-refractivity contribution in [1.29, 1.82) is 0 Å². The van der Waals surface area contributed by atoms with Crippen molar-refractivity contribution in [3.63, 3.8) is 0 Å². The maximum absolute atomic E-state index is 13.3. The van der Waals surface area contributed by atoms with Crippen molar-refractivity contribution in [2.75, 3.05) is 0 Å². The van der Waals surface area contributed by atoms with Gasteiger partial charge < -0.3 is 0 Å². The second kappa shape index (κ2) is 5.65. The second-order valence-corrected chi connectivity index (χ2v) is 5.25. The van der Waals surface area contributed by atoms with E-state index in [0.29, 0.717) is 0 Å². The van der Waals surface area contributed by atoms with Gasteiger partial charge in [-0.1, -0.05) is 29.3 Å². The summed E-state index contributed by atoms with van der Waals surface area (Å²) in [5, 5.41) is 1.94. The summed E-state index contributed by atoms with van der Waals surface area (Å²) in [6.07, 6.45) is 3.02. The summed E-state index contributed by atoms with van der Waals surface area (Å²) < 4.78 is 13.3. The molecule has 1 aromatic carbocycles. The molecule has 92 valence electrons. The van der Waals surface area contributed by atoms with Crippen molar-refractivity contribution < 1.29 is 9.18 Å². The van der Waals surface area contributed by atoms with Gasteiger partial charge in [-0.25, -0.2) is 4.39 Å². The lowest BCUT2D eigenvalue weighted by molar-refractivity contribution is 0.104. The topological polar surface area (TPSA) is 17.1 Å². The Bertz CT molecular complexity index is 606. The summed E-state index contributed by atoms with van der Waals surface area (Å²) in [4.78, 5) is 12.8. The fourth-order valence-electron chi connectivity index (χ4n) is 1.35. The average molecular weight is 301 g/mol. The van der Waals surface area contributed by atoms with Crippen molar-refractivity contribution in [1.82, 2.24) is 0 Å². The molecule has 5 heteroatoms. The number of thiophene rings is 1. The molecule has 0 unspecified atom stereocenters. The van der Waals surface area contributed by atoms with Crippen molar-refractivity contribution in [3.8, 4) is 0 Å². The number of rotatable bonds is 3. The first-order valence-corrected chi connectivity index (χ1v) is 6.62. The molecule has 0 saturated heterocycles. The van der Waals surface area contributed by atoms with E-state index in [1.165, 1.54) is 23.5 Å². The minimum Gasteiger partial charge on any atom is -0.289 e. The molecule has 1 heterocycles. The van der Waals surface area contributed by atoms with E-state index in [4.69, 9.17) is 23.2 Å². The van der Waals surface area contributed by atoms with Crippen molar-refractivity contribution in [2.24, 2.45) is 0 Å².